The lowest BCUT2D eigenvalue weighted by molar-refractivity contribution is -0.116. The molecular weight excluding hydrogens is 336 g/mol. The molecule has 1 saturated heterocycles. The van der Waals surface area contributed by atoms with Crippen molar-refractivity contribution in [3.8, 4) is 0 Å². The maximum Gasteiger partial charge on any atom is 0.328 e. The first-order valence-electron chi connectivity index (χ1n) is 8.59. The molecule has 0 saturated carbocycles. The van der Waals surface area contributed by atoms with E-state index in [1.165, 1.54) is 22.4 Å². The number of hydrogen-bond acceptors (Lipinski definition) is 5. The van der Waals surface area contributed by atoms with Crippen molar-refractivity contribution < 1.29 is 9.53 Å². The summed E-state index contributed by atoms with van der Waals surface area (Å²) in [7, 11) is 0. The molecule has 1 aliphatic heterocycles. The van der Waals surface area contributed by atoms with Crippen molar-refractivity contribution in [2.75, 3.05) is 31.6 Å². The third-order valence-corrected chi connectivity index (χ3v) is 4.22. The van der Waals surface area contributed by atoms with E-state index in [2.05, 4.69) is 15.2 Å². The van der Waals surface area contributed by atoms with Crippen LogP contribution in [0.1, 0.15) is 12.0 Å². The Bertz CT molecular complexity index is 850. The van der Waals surface area contributed by atoms with Crippen molar-refractivity contribution in [2.45, 2.75) is 19.5 Å². The predicted molar refractivity (Wildman–Crippen MR) is 97.1 cm³/mol. The number of carbonyl (C=O) groups excluding carboxylic acids is 1. The molecule has 0 aliphatic carbocycles. The topological polar surface area (TPSA) is 96.4 Å². The Morgan fingerprint density at radius 3 is 2.54 bits per heavy atom. The summed E-state index contributed by atoms with van der Waals surface area (Å²) >= 11 is 0. The highest BCUT2D eigenvalue weighted by molar-refractivity contribution is 5.90. The van der Waals surface area contributed by atoms with E-state index in [0.29, 0.717) is 0 Å². The Morgan fingerprint density at radius 2 is 1.85 bits per heavy atom. The van der Waals surface area contributed by atoms with Crippen molar-refractivity contribution in [1.29, 1.82) is 0 Å². The summed E-state index contributed by atoms with van der Waals surface area (Å²) in [5, 5.41) is 2.81. The maximum absolute atomic E-state index is 12.0. The van der Waals surface area contributed by atoms with Crippen LogP contribution in [0.5, 0.6) is 0 Å². The van der Waals surface area contributed by atoms with Gasteiger partial charge in [0.1, 0.15) is 0 Å². The number of rotatable bonds is 6. The third kappa shape index (κ3) is 5.14. The summed E-state index contributed by atoms with van der Waals surface area (Å²) in [6.45, 7) is 4.48. The highest BCUT2D eigenvalue weighted by Crippen LogP contribution is 2.12. The van der Waals surface area contributed by atoms with Gasteiger partial charge in [0, 0.05) is 50.6 Å². The lowest BCUT2D eigenvalue weighted by Gasteiger charge is -2.26. The zero-order chi connectivity index (χ0) is 18.4. The summed E-state index contributed by atoms with van der Waals surface area (Å²) in [4.78, 5) is 39.1. The summed E-state index contributed by atoms with van der Waals surface area (Å²) < 4.78 is 6.64. The Hall–Kier alpha value is -2.71. The van der Waals surface area contributed by atoms with E-state index in [0.717, 1.165) is 38.5 Å². The molecule has 0 radical (unpaired) electrons. The molecule has 0 unspecified atom stereocenters. The molecule has 8 nitrogen and oxygen atoms in total. The van der Waals surface area contributed by atoms with Crippen LogP contribution in [-0.2, 0) is 22.6 Å². The first-order chi connectivity index (χ1) is 12.6. The van der Waals surface area contributed by atoms with Gasteiger partial charge >= 0.3 is 5.69 Å². The van der Waals surface area contributed by atoms with Gasteiger partial charge in [-0.25, -0.2) is 4.79 Å². The number of H-pyrrole nitrogens is 1. The van der Waals surface area contributed by atoms with Crippen LogP contribution in [0.3, 0.4) is 0 Å². The molecule has 2 aromatic rings. The number of aryl methyl sites for hydroxylation is 1. The maximum atomic E-state index is 12.0. The Kier molecular flexibility index (Phi) is 5.98. The summed E-state index contributed by atoms with van der Waals surface area (Å²) in [5.41, 5.74) is 0.935. The van der Waals surface area contributed by atoms with Gasteiger partial charge < -0.3 is 14.6 Å². The fourth-order valence-electron chi connectivity index (χ4n) is 2.78. The zero-order valence-electron chi connectivity index (χ0n) is 14.4. The minimum atomic E-state index is -0.516. The van der Waals surface area contributed by atoms with Crippen LogP contribution in [0.15, 0.2) is 46.1 Å². The van der Waals surface area contributed by atoms with E-state index in [9.17, 15) is 14.4 Å². The first-order valence-corrected chi connectivity index (χ1v) is 8.59. The van der Waals surface area contributed by atoms with Crippen molar-refractivity contribution >= 4 is 11.6 Å². The average Bonchev–Trinajstić information content (AvgIpc) is 2.63. The Labute approximate surface area is 150 Å². The van der Waals surface area contributed by atoms with Gasteiger partial charge in [0.25, 0.3) is 5.56 Å². The monoisotopic (exact) mass is 358 g/mol. The van der Waals surface area contributed by atoms with Gasteiger partial charge in [0.2, 0.25) is 5.91 Å². The minimum absolute atomic E-state index is 0.140. The van der Waals surface area contributed by atoms with Gasteiger partial charge in [-0.3, -0.25) is 19.5 Å². The van der Waals surface area contributed by atoms with E-state index < -0.39 is 11.2 Å². The molecule has 26 heavy (non-hydrogen) atoms. The summed E-state index contributed by atoms with van der Waals surface area (Å²) in [5.74, 6) is -0.191. The minimum Gasteiger partial charge on any atom is -0.379 e. The van der Waals surface area contributed by atoms with Gasteiger partial charge in [-0.1, -0.05) is 12.1 Å². The number of hydrogen-bond donors (Lipinski definition) is 2. The molecule has 1 aromatic heterocycles. The molecule has 3 rings (SSSR count). The standard InChI is InChI=1S/C18H22N4O4/c23-16(5-7-22-8-6-17(24)20-18(22)25)19-15-3-1-14(2-4-15)13-21-9-11-26-12-10-21/h1-4,6,8H,5,7,9-13H2,(H,19,23)(H,20,24,25). The molecule has 1 amide bonds. The number of aromatic nitrogens is 2. The van der Waals surface area contributed by atoms with Crippen LogP contribution >= 0.6 is 0 Å². The van der Waals surface area contributed by atoms with Crippen molar-refractivity contribution in [3.63, 3.8) is 0 Å². The molecule has 8 heteroatoms. The van der Waals surface area contributed by atoms with Crippen LogP contribution in [0.25, 0.3) is 0 Å². The van der Waals surface area contributed by atoms with E-state index >= 15 is 0 Å². The molecule has 2 N–H and O–H groups in total. The zero-order valence-corrected chi connectivity index (χ0v) is 14.4. The number of aromatic amines is 1. The molecule has 138 valence electrons. The van der Waals surface area contributed by atoms with Crippen LogP contribution in [0.4, 0.5) is 5.69 Å². The highest BCUT2D eigenvalue weighted by atomic mass is 16.5. The van der Waals surface area contributed by atoms with Crippen molar-refractivity contribution in [1.82, 2.24) is 14.5 Å². The van der Waals surface area contributed by atoms with E-state index in [1.807, 2.05) is 24.3 Å². The van der Waals surface area contributed by atoms with E-state index in [4.69, 9.17) is 4.74 Å². The Morgan fingerprint density at radius 1 is 1.12 bits per heavy atom. The van der Waals surface area contributed by atoms with Gasteiger partial charge in [0.05, 0.1) is 13.2 Å². The van der Waals surface area contributed by atoms with Crippen molar-refractivity contribution in [2.24, 2.45) is 0 Å². The molecule has 1 aliphatic rings. The van der Waals surface area contributed by atoms with Crippen LogP contribution in [0.2, 0.25) is 0 Å². The van der Waals surface area contributed by atoms with Crippen LogP contribution < -0.4 is 16.6 Å². The third-order valence-electron chi connectivity index (χ3n) is 4.22. The van der Waals surface area contributed by atoms with E-state index in [1.54, 1.807) is 0 Å². The second-order valence-corrected chi connectivity index (χ2v) is 6.19. The lowest BCUT2D eigenvalue weighted by Crippen LogP contribution is -2.35. The molecule has 0 spiro atoms. The Balaban J connectivity index is 1.49. The smallest absolute Gasteiger partial charge is 0.328 e. The number of anilines is 1. The number of ether oxygens (including phenoxy) is 1. The predicted octanol–water partition coefficient (Wildman–Crippen LogP) is 0.398. The van der Waals surface area contributed by atoms with Gasteiger partial charge in [-0.05, 0) is 17.7 Å². The fraction of sp³-hybridized carbons (Fsp3) is 0.389. The van der Waals surface area contributed by atoms with Gasteiger partial charge in [-0.2, -0.15) is 0 Å². The number of nitrogens with zero attached hydrogens (tertiary/aromatic N) is 2. The van der Waals surface area contributed by atoms with Gasteiger partial charge in [0.15, 0.2) is 0 Å². The number of nitrogens with one attached hydrogen (secondary N) is 2. The lowest BCUT2D eigenvalue weighted by atomic mass is 10.2. The normalized spacial score (nSPS) is 14.9. The molecule has 1 fully saturated rings. The van der Waals surface area contributed by atoms with Gasteiger partial charge in [-0.15, -0.1) is 0 Å². The fourth-order valence-corrected chi connectivity index (χ4v) is 2.78. The molecule has 0 bridgehead atoms. The second-order valence-electron chi connectivity index (χ2n) is 6.19. The SMILES string of the molecule is O=C(CCn1ccc(=O)[nH]c1=O)Nc1ccc(CN2CCOCC2)cc1. The quantitative estimate of drug-likeness (QED) is 0.779. The number of amides is 1. The van der Waals surface area contributed by atoms with Crippen molar-refractivity contribution in [3.05, 3.63) is 62.9 Å². The number of carbonyl (C=O) groups is 1. The number of morpholine rings is 1. The number of benzene rings is 1. The van der Waals surface area contributed by atoms with Crippen LogP contribution in [0, 0.1) is 0 Å². The molecular formula is C18H22N4O4. The molecule has 0 atom stereocenters. The van der Waals surface area contributed by atoms with E-state index in [-0.39, 0.29) is 18.9 Å². The summed E-state index contributed by atoms with van der Waals surface area (Å²) in [6.07, 6.45) is 1.52. The highest BCUT2D eigenvalue weighted by Gasteiger charge is 2.10. The van der Waals surface area contributed by atoms with Crippen LogP contribution in [-0.4, -0.2) is 46.7 Å². The summed E-state index contributed by atoms with van der Waals surface area (Å²) in [6, 6.07) is 9.00. The second kappa shape index (κ2) is 8.59. The first kappa shape index (κ1) is 18.1. The molecule has 2 heterocycles. The largest absolute Gasteiger partial charge is 0.379 e. The average molecular weight is 358 g/mol. The molecule has 1 aromatic carbocycles.